The molecule has 4 aromatic rings. The maximum absolute atomic E-state index is 11.0. The Kier molecular flexibility index (Phi) is 7.50. The number of aromatic nitrogens is 2. The molecule has 0 aliphatic rings. The maximum Gasteiger partial charge on any atom is 0.307 e. The molecule has 4 rings (SSSR count). The van der Waals surface area contributed by atoms with Gasteiger partial charge in [0.25, 0.3) is 0 Å². The highest BCUT2D eigenvalue weighted by Crippen LogP contribution is 2.31. The van der Waals surface area contributed by atoms with E-state index in [2.05, 4.69) is 55.6 Å². The van der Waals surface area contributed by atoms with Crippen LogP contribution in [-0.2, 0) is 24.1 Å². The highest BCUT2D eigenvalue weighted by molar-refractivity contribution is 7.16. The molecule has 5 nitrogen and oxygen atoms in total. The first-order valence-electron chi connectivity index (χ1n) is 11.4. The van der Waals surface area contributed by atoms with E-state index in [4.69, 9.17) is 15.1 Å². The van der Waals surface area contributed by atoms with Gasteiger partial charge in [0.2, 0.25) is 0 Å². The van der Waals surface area contributed by atoms with Crippen molar-refractivity contribution in [3.05, 3.63) is 94.0 Å². The van der Waals surface area contributed by atoms with Gasteiger partial charge in [0.05, 0.1) is 11.3 Å². The third kappa shape index (κ3) is 5.77. The second-order valence-electron chi connectivity index (χ2n) is 7.87. The molecule has 2 aromatic carbocycles. The van der Waals surface area contributed by atoms with E-state index in [1.54, 1.807) is 11.3 Å². The highest BCUT2D eigenvalue weighted by atomic mass is 32.1. The molecule has 6 heteroatoms. The molecule has 2 heterocycles. The number of hydrogen-bond acceptors (Lipinski definition) is 5. The van der Waals surface area contributed by atoms with E-state index in [1.165, 1.54) is 0 Å². The summed E-state index contributed by atoms with van der Waals surface area (Å²) in [7, 11) is 0. The molecular formula is C28H27N3O2S. The van der Waals surface area contributed by atoms with Crippen LogP contribution in [-0.4, -0.2) is 21.0 Å². The molecule has 0 spiro atoms. The van der Waals surface area contributed by atoms with Gasteiger partial charge < -0.3 is 10.4 Å². The number of thiophene rings is 1. The van der Waals surface area contributed by atoms with Gasteiger partial charge in [-0.1, -0.05) is 62.4 Å². The lowest BCUT2D eigenvalue weighted by Gasteiger charge is -2.15. The number of carboxylic acids is 1. The van der Waals surface area contributed by atoms with Crippen molar-refractivity contribution >= 4 is 41.0 Å². The van der Waals surface area contributed by atoms with Crippen molar-refractivity contribution in [3.8, 4) is 10.7 Å². The lowest BCUT2D eigenvalue weighted by Crippen LogP contribution is -2.07. The van der Waals surface area contributed by atoms with Crippen LogP contribution < -0.4 is 5.32 Å². The molecule has 0 amide bonds. The molecule has 2 N–H and O–H groups in total. The summed E-state index contributed by atoms with van der Waals surface area (Å²) in [4.78, 5) is 22.9. The second kappa shape index (κ2) is 10.9. The first-order chi connectivity index (χ1) is 16.6. The summed E-state index contributed by atoms with van der Waals surface area (Å²) in [6.45, 7) is 4.22. The van der Waals surface area contributed by atoms with Gasteiger partial charge in [-0.15, -0.1) is 11.3 Å². The maximum atomic E-state index is 11.0. The number of nitrogens with zero attached hydrogens (tertiary/aromatic N) is 2. The van der Waals surface area contributed by atoms with E-state index in [9.17, 15) is 4.79 Å². The zero-order chi connectivity index (χ0) is 23.9. The summed E-state index contributed by atoms with van der Waals surface area (Å²) in [6, 6.07) is 21.8. The fraction of sp³-hybridized carbons (Fsp3) is 0.179. The Bertz CT molecular complexity index is 1300. The van der Waals surface area contributed by atoms with E-state index < -0.39 is 5.97 Å². The summed E-state index contributed by atoms with van der Waals surface area (Å²) in [5, 5.41) is 12.4. The Labute approximate surface area is 203 Å². The molecule has 0 aliphatic heterocycles. The number of aryl methyl sites for hydroxylation is 1. The Morgan fingerprint density at radius 3 is 2.38 bits per heavy atom. The molecule has 34 heavy (non-hydrogen) atoms. The average Bonchev–Trinajstić information content (AvgIpc) is 3.33. The van der Waals surface area contributed by atoms with Crippen molar-refractivity contribution in [2.45, 2.75) is 33.1 Å². The van der Waals surface area contributed by atoms with Gasteiger partial charge in [-0.25, -0.2) is 9.97 Å². The number of carbonyl (C=O) groups is 1. The normalized spacial score (nSPS) is 11.1. The van der Waals surface area contributed by atoms with Crippen molar-refractivity contribution in [2.75, 3.05) is 5.32 Å². The largest absolute Gasteiger partial charge is 0.481 e. The molecule has 0 saturated carbocycles. The Morgan fingerprint density at radius 1 is 0.941 bits per heavy atom. The minimum absolute atomic E-state index is 0.0115. The Hall–Kier alpha value is -3.77. The molecular weight excluding hydrogens is 442 g/mol. The monoisotopic (exact) mass is 469 g/mol. The van der Waals surface area contributed by atoms with Gasteiger partial charge in [-0.2, -0.15) is 0 Å². The van der Waals surface area contributed by atoms with E-state index in [-0.39, 0.29) is 6.42 Å². The smallest absolute Gasteiger partial charge is 0.307 e. The minimum Gasteiger partial charge on any atom is -0.481 e. The number of carboxylic acid groups (broad SMARTS) is 1. The number of hydrogen-bond donors (Lipinski definition) is 2. The van der Waals surface area contributed by atoms with Gasteiger partial charge in [0.1, 0.15) is 5.82 Å². The average molecular weight is 470 g/mol. The molecule has 172 valence electrons. The molecule has 0 aliphatic carbocycles. The van der Waals surface area contributed by atoms with Crippen molar-refractivity contribution in [1.82, 2.24) is 9.97 Å². The van der Waals surface area contributed by atoms with Crippen molar-refractivity contribution in [1.29, 1.82) is 0 Å². The van der Waals surface area contributed by atoms with Gasteiger partial charge in [0.15, 0.2) is 5.82 Å². The second-order valence-corrected chi connectivity index (χ2v) is 8.98. The summed E-state index contributed by atoms with van der Waals surface area (Å²) >= 11 is 1.67. The van der Waals surface area contributed by atoms with Crippen LogP contribution in [0.1, 0.15) is 41.1 Å². The first kappa shape index (κ1) is 23.4. The summed E-state index contributed by atoms with van der Waals surface area (Å²) in [5.74, 6) is 0.671. The summed E-state index contributed by atoms with van der Waals surface area (Å²) in [6.07, 6.45) is 5.87. The van der Waals surface area contributed by atoms with Crippen LogP contribution in [0.2, 0.25) is 0 Å². The van der Waals surface area contributed by atoms with Crippen molar-refractivity contribution < 1.29 is 9.90 Å². The quantitative estimate of drug-likeness (QED) is 0.280. The van der Waals surface area contributed by atoms with Crippen LogP contribution in [0.5, 0.6) is 0 Å². The van der Waals surface area contributed by atoms with E-state index in [0.29, 0.717) is 5.82 Å². The number of nitrogens with one attached hydrogen (secondary N) is 1. The van der Waals surface area contributed by atoms with Crippen LogP contribution in [0.4, 0.5) is 11.5 Å². The van der Waals surface area contributed by atoms with Crippen LogP contribution in [0, 0.1) is 0 Å². The number of aliphatic carboxylic acids is 1. The summed E-state index contributed by atoms with van der Waals surface area (Å²) < 4.78 is 0. The molecule has 0 atom stereocenters. The topological polar surface area (TPSA) is 75.1 Å². The molecule has 2 aromatic heterocycles. The SMILES string of the molecule is CCc1nc(-c2ccc(C=Cc3ccccc3)s2)nc(Nc2ccc(CC(=O)O)cc2)c1CC. The predicted octanol–water partition coefficient (Wildman–Crippen LogP) is 6.87. The van der Waals surface area contributed by atoms with Crippen molar-refractivity contribution in [2.24, 2.45) is 0 Å². The van der Waals surface area contributed by atoms with Crippen LogP contribution in [0.15, 0.2) is 66.7 Å². The molecule has 0 saturated heterocycles. The zero-order valence-corrected chi connectivity index (χ0v) is 20.1. The van der Waals surface area contributed by atoms with Crippen LogP contribution in [0.25, 0.3) is 22.9 Å². The van der Waals surface area contributed by atoms with Crippen molar-refractivity contribution in [3.63, 3.8) is 0 Å². The van der Waals surface area contributed by atoms with E-state index in [1.807, 2.05) is 42.5 Å². The minimum atomic E-state index is -0.837. The Balaban J connectivity index is 1.62. The first-order valence-corrected chi connectivity index (χ1v) is 12.2. The Morgan fingerprint density at radius 2 is 1.71 bits per heavy atom. The molecule has 0 bridgehead atoms. The van der Waals surface area contributed by atoms with Gasteiger partial charge >= 0.3 is 5.97 Å². The molecule has 0 radical (unpaired) electrons. The third-order valence-corrected chi connectivity index (χ3v) is 6.49. The number of anilines is 2. The van der Waals surface area contributed by atoms with Gasteiger partial charge in [-0.3, -0.25) is 4.79 Å². The van der Waals surface area contributed by atoms with Gasteiger partial charge in [-0.05, 0) is 54.3 Å². The fourth-order valence-electron chi connectivity index (χ4n) is 3.73. The number of rotatable bonds is 9. The summed E-state index contributed by atoms with van der Waals surface area (Å²) in [5.41, 5.74) is 4.93. The fourth-order valence-corrected chi connectivity index (χ4v) is 4.58. The molecule has 0 unspecified atom stereocenters. The zero-order valence-electron chi connectivity index (χ0n) is 19.3. The van der Waals surface area contributed by atoms with E-state index >= 15 is 0 Å². The molecule has 0 fully saturated rings. The number of benzene rings is 2. The predicted molar refractivity (Wildman–Crippen MR) is 141 cm³/mol. The van der Waals surface area contributed by atoms with Crippen LogP contribution in [0.3, 0.4) is 0 Å². The standard InChI is InChI=1S/C28H27N3O2S/c1-3-23-24(4-2)30-28(25-17-16-22(34-25)15-12-19-8-6-5-7-9-19)31-27(23)29-21-13-10-20(11-14-21)18-26(32)33/h5-17H,3-4,18H2,1-2H3,(H,32,33)(H,29,30,31). The lowest BCUT2D eigenvalue weighted by atomic mass is 10.1. The van der Waals surface area contributed by atoms with Gasteiger partial charge in [0, 0.05) is 21.8 Å². The highest BCUT2D eigenvalue weighted by Gasteiger charge is 2.15. The van der Waals surface area contributed by atoms with Crippen LogP contribution >= 0.6 is 11.3 Å². The lowest BCUT2D eigenvalue weighted by molar-refractivity contribution is -0.136. The van der Waals surface area contributed by atoms with E-state index in [0.717, 1.165) is 56.5 Å². The third-order valence-electron chi connectivity index (χ3n) is 5.44.